The van der Waals surface area contributed by atoms with E-state index in [1.807, 2.05) is 24.3 Å². The lowest BCUT2D eigenvalue weighted by atomic mass is 9.97. The zero-order valence-electron chi connectivity index (χ0n) is 13.6. The number of rotatable bonds is 5. The predicted molar refractivity (Wildman–Crippen MR) is 94.3 cm³/mol. The quantitative estimate of drug-likeness (QED) is 0.864. The molecular weight excluding hydrogens is 312 g/mol. The second-order valence-electron chi connectivity index (χ2n) is 6.70. The van der Waals surface area contributed by atoms with Crippen molar-refractivity contribution in [3.05, 3.63) is 29.8 Å². The number of amides is 1. The highest BCUT2D eigenvalue weighted by Crippen LogP contribution is 2.29. The van der Waals surface area contributed by atoms with Gasteiger partial charge in [0.15, 0.2) is 0 Å². The summed E-state index contributed by atoms with van der Waals surface area (Å²) in [4.78, 5) is 12.5. The third-order valence-electron chi connectivity index (χ3n) is 5.03. The van der Waals surface area contributed by atoms with Crippen LogP contribution in [-0.2, 0) is 0 Å². The molecule has 0 saturated heterocycles. The van der Waals surface area contributed by atoms with E-state index in [2.05, 4.69) is 5.32 Å². The lowest BCUT2D eigenvalue weighted by Gasteiger charge is -2.28. The van der Waals surface area contributed by atoms with Gasteiger partial charge >= 0.3 is 0 Å². The van der Waals surface area contributed by atoms with Gasteiger partial charge in [-0.2, -0.15) is 0 Å². The van der Waals surface area contributed by atoms with Crippen LogP contribution in [0, 0.1) is 0 Å². The van der Waals surface area contributed by atoms with E-state index in [1.54, 1.807) is 0 Å². The van der Waals surface area contributed by atoms with Gasteiger partial charge in [-0.25, -0.2) is 0 Å². The van der Waals surface area contributed by atoms with Crippen molar-refractivity contribution in [2.24, 2.45) is 5.73 Å². The molecule has 0 bridgehead atoms. The molecule has 1 aromatic rings. The van der Waals surface area contributed by atoms with Gasteiger partial charge in [0.2, 0.25) is 0 Å². The van der Waals surface area contributed by atoms with Gasteiger partial charge in [0.1, 0.15) is 5.75 Å². The van der Waals surface area contributed by atoms with Crippen LogP contribution in [0.3, 0.4) is 0 Å². The monoisotopic (exact) mass is 338 g/mol. The first-order chi connectivity index (χ1) is 10.7. The Bertz CT molecular complexity index is 524. The molecule has 0 aromatic heterocycles. The number of ether oxygens (including phenoxy) is 1. The SMILES string of the molecule is Cl.NCC1(NC(=O)c2cccc(OC3CCCC3)c2)CCCC1. The molecule has 5 heteroatoms. The van der Waals surface area contributed by atoms with E-state index < -0.39 is 0 Å². The maximum absolute atomic E-state index is 12.5. The first kappa shape index (κ1) is 18.1. The van der Waals surface area contributed by atoms with Crippen molar-refractivity contribution in [1.82, 2.24) is 5.32 Å². The van der Waals surface area contributed by atoms with Crippen LogP contribution < -0.4 is 15.8 Å². The number of benzene rings is 1. The molecule has 2 fully saturated rings. The van der Waals surface area contributed by atoms with Crippen LogP contribution in [-0.4, -0.2) is 24.1 Å². The smallest absolute Gasteiger partial charge is 0.251 e. The fourth-order valence-electron chi connectivity index (χ4n) is 3.65. The Morgan fingerprint density at radius 2 is 1.91 bits per heavy atom. The van der Waals surface area contributed by atoms with Gasteiger partial charge in [0, 0.05) is 12.1 Å². The van der Waals surface area contributed by atoms with E-state index in [0.29, 0.717) is 18.2 Å². The summed E-state index contributed by atoms with van der Waals surface area (Å²) in [6.07, 6.45) is 9.27. The average molecular weight is 339 g/mol. The van der Waals surface area contributed by atoms with Crippen molar-refractivity contribution >= 4 is 18.3 Å². The topological polar surface area (TPSA) is 64.3 Å². The van der Waals surface area contributed by atoms with Crippen molar-refractivity contribution in [2.45, 2.75) is 63.0 Å². The molecule has 3 rings (SSSR count). The fraction of sp³-hybridized carbons (Fsp3) is 0.611. The van der Waals surface area contributed by atoms with Gasteiger partial charge in [-0.3, -0.25) is 4.79 Å². The van der Waals surface area contributed by atoms with E-state index in [9.17, 15) is 4.79 Å². The zero-order valence-corrected chi connectivity index (χ0v) is 14.4. The molecule has 0 aliphatic heterocycles. The third-order valence-corrected chi connectivity index (χ3v) is 5.03. The van der Waals surface area contributed by atoms with E-state index in [1.165, 1.54) is 12.8 Å². The van der Waals surface area contributed by atoms with E-state index >= 15 is 0 Å². The Hall–Kier alpha value is -1.26. The number of carbonyl (C=O) groups is 1. The van der Waals surface area contributed by atoms with Crippen LogP contribution in [0.25, 0.3) is 0 Å². The van der Waals surface area contributed by atoms with Crippen molar-refractivity contribution in [2.75, 3.05) is 6.54 Å². The third kappa shape index (κ3) is 4.39. The summed E-state index contributed by atoms with van der Waals surface area (Å²) >= 11 is 0. The van der Waals surface area contributed by atoms with Gasteiger partial charge in [0.05, 0.1) is 11.6 Å². The molecule has 2 saturated carbocycles. The van der Waals surface area contributed by atoms with Crippen molar-refractivity contribution in [3.63, 3.8) is 0 Å². The Morgan fingerprint density at radius 1 is 1.22 bits per heavy atom. The van der Waals surface area contributed by atoms with Crippen LogP contribution >= 0.6 is 12.4 Å². The average Bonchev–Trinajstić information content (AvgIpc) is 3.20. The minimum Gasteiger partial charge on any atom is -0.490 e. The highest BCUT2D eigenvalue weighted by Gasteiger charge is 2.34. The van der Waals surface area contributed by atoms with Gasteiger partial charge in [-0.05, 0) is 56.7 Å². The van der Waals surface area contributed by atoms with E-state index in [0.717, 1.165) is 44.3 Å². The predicted octanol–water partition coefficient (Wildman–Crippen LogP) is 3.43. The molecule has 2 aliphatic rings. The first-order valence-corrected chi connectivity index (χ1v) is 8.50. The van der Waals surface area contributed by atoms with Crippen molar-refractivity contribution < 1.29 is 9.53 Å². The van der Waals surface area contributed by atoms with E-state index in [-0.39, 0.29) is 23.9 Å². The number of carbonyl (C=O) groups excluding carboxylic acids is 1. The van der Waals surface area contributed by atoms with E-state index in [4.69, 9.17) is 10.5 Å². The second kappa shape index (κ2) is 8.02. The van der Waals surface area contributed by atoms with Crippen molar-refractivity contribution in [1.29, 1.82) is 0 Å². The number of hydrogen-bond acceptors (Lipinski definition) is 3. The summed E-state index contributed by atoms with van der Waals surface area (Å²) in [6, 6.07) is 7.52. The molecule has 23 heavy (non-hydrogen) atoms. The minimum absolute atomic E-state index is 0. The summed E-state index contributed by atoms with van der Waals surface area (Å²) in [5.74, 6) is 0.761. The molecule has 0 radical (unpaired) electrons. The van der Waals surface area contributed by atoms with Gasteiger partial charge in [0.25, 0.3) is 5.91 Å². The van der Waals surface area contributed by atoms with Crippen LogP contribution in [0.5, 0.6) is 5.75 Å². The molecule has 0 atom stereocenters. The molecule has 1 amide bonds. The Labute approximate surface area is 144 Å². The van der Waals surface area contributed by atoms with Crippen LogP contribution in [0.4, 0.5) is 0 Å². The molecule has 1 aromatic carbocycles. The summed E-state index contributed by atoms with van der Waals surface area (Å²) < 4.78 is 5.98. The highest BCUT2D eigenvalue weighted by molar-refractivity contribution is 5.95. The lowest BCUT2D eigenvalue weighted by molar-refractivity contribution is 0.0902. The standard InChI is InChI=1S/C18H26N2O2.ClH/c19-13-18(10-3-4-11-18)20-17(21)14-6-5-9-16(12-14)22-15-7-1-2-8-15;/h5-6,9,12,15H,1-4,7-8,10-11,13,19H2,(H,20,21);1H. The molecule has 4 nitrogen and oxygen atoms in total. The number of halogens is 1. The van der Waals surface area contributed by atoms with Gasteiger partial charge in [-0.15, -0.1) is 12.4 Å². The Balaban J connectivity index is 0.00000192. The van der Waals surface area contributed by atoms with Crippen molar-refractivity contribution in [3.8, 4) is 5.75 Å². The summed E-state index contributed by atoms with van der Waals surface area (Å²) in [7, 11) is 0. The summed E-state index contributed by atoms with van der Waals surface area (Å²) in [6.45, 7) is 0.511. The Morgan fingerprint density at radius 3 is 2.57 bits per heavy atom. The molecule has 0 unspecified atom stereocenters. The number of nitrogens with two attached hydrogens (primary N) is 1. The fourth-order valence-corrected chi connectivity index (χ4v) is 3.65. The summed E-state index contributed by atoms with van der Waals surface area (Å²) in [5.41, 5.74) is 6.35. The molecular formula is C18H27ClN2O2. The Kier molecular flexibility index (Phi) is 6.31. The molecule has 0 heterocycles. The first-order valence-electron chi connectivity index (χ1n) is 8.50. The number of nitrogens with one attached hydrogen (secondary N) is 1. The normalized spacial score (nSPS) is 20.0. The molecule has 0 spiro atoms. The molecule has 128 valence electrons. The molecule has 3 N–H and O–H groups in total. The highest BCUT2D eigenvalue weighted by atomic mass is 35.5. The zero-order chi connectivity index (χ0) is 15.4. The number of hydrogen-bond donors (Lipinski definition) is 2. The maximum Gasteiger partial charge on any atom is 0.251 e. The second-order valence-corrected chi connectivity index (χ2v) is 6.70. The van der Waals surface area contributed by atoms with Gasteiger partial charge in [-0.1, -0.05) is 18.9 Å². The van der Waals surface area contributed by atoms with Gasteiger partial charge < -0.3 is 15.8 Å². The van der Waals surface area contributed by atoms with Crippen LogP contribution in [0.1, 0.15) is 61.7 Å². The largest absolute Gasteiger partial charge is 0.490 e. The minimum atomic E-state index is -0.209. The summed E-state index contributed by atoms with van der Waals surface area (Å²) in [5, 5.41) is 3.16. The van der Waals surface area contributed by atoms with Crippen LogP contribution in [0.2, 0.25) is 0 Å². The molecule has 2 aliphatic carbocycles. The van der Waals surface area contributed by atoms with Crippen LogP contribution in [0.15, 0.2) is 24.3 Å². The maximum atomic E-state index is 12.5. The lowest BCUT2D eigenvalue weighted by Crippen LogP contribution is -2.51.